The first-order chi connectivity index (χ1) is 13.6. The molecule has 2 amide bonds. The zero-order chi connectivity index (χ0) is 19.5. The smallest absolute Gasteiger partial charge is 0.408 e. The number of carbonyl (C=O) groups excluding carboxylic acids is 1. The molecule has 0 aliphatic carbocycles. The van der Waals surface area contributed by atoms with Crippen LogP contribution in [0.1, 0.15) is 18.4 Å². The largest absolute Gasteiger partial charge is 0.419 e. The van der Waals surface area contributed by atoms with Crippen molar-refractivity contribution < 1.29 is 9.21 Å². The van der Waals surface area contributed by atoms with Crippen LogP contribution in [0.4, 0.5) is 10.5 Å². The lowest BCUT2D eigenvalue weighted by Crippen LogP contribution is -2.48. The number of likely N-dealkylation sites (tertiary alicyclic amines) is 1. The van der Waals surface area contributed by atoms with Crippen molar-refractivity contribution in [2.24, 2.45) is 7.05 Å². The van der Waals surface area contributed by atoms with Gasteiger partial charge in [-0.2, -0.15) is 0 Å². The van der Waals surface area contributed by atoms with E-state index in [2.05, 4.69) is 27.7 Å². The molecule has 2 N–H and O–H groups in total. The molecule has 7 nitrogen and oxygen atoms in total. The van der Waals surface area contributed by atoms with E-state index in [0.717, 1.165) is 32.5 Å². The van der Waals surface area contributed by atoms with Crippen molar-refractivity contribution in [1.29, 1.82) is 0 Å². The van der Waals surface area contributed by atoms with Crippen LogP contribution < -0.4 is 16.4 Å². The number of fused-ring (bicyclic) bond motifs is 1. The molecule has 1 aliphatic rings. The van der Waals surface area contributed by atoms with Gasteiger partial charge in [0.1, 0.15) is 0 Å². The Balaban J connectivity index is 1.35. The van der Waals surface area contributed by atoms with Gasteiger partial charge in [-0.25, -0.2) is 9.59 Å². The third-order valence-corrected chi connectivity index (χ3v) is 5.14. The van der Waals surface area contributed by atoms with Crippen molar-refractivity contribution >= 4 is 22.8 Å². The minimum atomic E-state index is -0.419. The number of amides is 2. The molecule has 2 heterocycles. The van der Waals surface area contributed by atoms with Gasteiger partial charge >= 0.3 is 11.8 Å². The number of nitrogens with one attached hydrogen (secondary N) is 2. The number of rotatable bonds is 4. The fraction of sp³-hybridized carbons (Fsp3) is 0.333. The number of hydrogen-bond donors (Lipinski definition) is 2. The molecule has 1 unspecified atom stereocenters. The maximum atomic E-state index is 12.4. The van der Waals surface area contributed by atoms with Crippen LogP contribution in [0, 0.1) is 0 Å². The zero-order valence-corrected chi connectivity index (χ0v) is 15.9. The first-order valence-corrected chi connectivity index (χ1v) is 9.52. The van der Waals surface area contributed by atoms with Crippen LogP contribution in [0.15, 0.2) is 57.7 Å². The molecular weight excluding hydrogens is 356 g/mol. The van der Waals surface area contributed by atoms with Gasteiger partial charge in [-0.3, -0.25) is 9.47 Å². The number of anilines is 1. The molecule has 1 saturated heterocycles. The molecule has 0 radical (unpaired) electrons. The summed E-state index contributed by atoms with van der Waals surface area (Å²) in [5, 5.41) is 5.89. The third kappa shape index (κ3) is 4.09. The van der Waals surface area contributed by atoms with Crippen molar-refractivity contribution in [2.75, 3.05) is 18.4 Å². The van der Waals surface area contributed by atoms with Crippen molar-refractivity contribution in [3.63, 3.8) is 0 Å². The van der Waals surface area contributed by atoms with Crippen molar-refractivity contribution in [3.05, 3.63) is 64.6 Å². The number of oxazole rings is 1. The number of hydrogen-bond acceptors (Lipinski definition) is 4. The van der Waals surface area contributed by atoms with Crippen LogP contribution in [0.2, 0.25) is 0 Å². The average Bonchev–Trinajstić information content (AvgIpc) is 2.96. The van der Waals surface area contributed by atoms with Crippen molar-refractivity contribution in [2.45, 2.75) is 25.4 Å². The van der Waals surface area contributed by atoms with E-state index in [4.69, 9.17) is 4.42 Å². The van der Waals surface area contributed by atoms with E-state index in [1.165, 1.54) is 10.1 Å². The van der Waals surface area contributed by atoms with Crippen LogP contribution in [0.3, 0.4) is 0 Å². The topological polar surface area (TPSA) is 79.5 Å². The van der Waals surface area contributed by atoms with E-state index < -0.39 is 5.76 Å². The first kappa shape index (κ1) is 18.3. The number of aromatic nitrogens is 1. The second-order valence-electron chi connectivity index (χ2n) is 7.27. The molecule has 4 rings (SSSR count). The summed E-state index contributed by atoms with van der Waals surface area (Å²) >= 11 is 0. The van der Waals surface area contributed by atoms with Gasteiger partial charge in [0.05, 0.1) is 5.52 Å². The molecule has 0 saturated carbocycles. The summed E-state index contributed by atoms with van der Waals surface area (Å²) in [7, 11) is 1.65. The van der Waals surface area contributed by atoms with Crippen LogP contribution >= 0.6 is 0 Å². The Morgan fingerprint density at radius 3 is 2.86 bits per heavy atom. The number of aryl methyl sites for hydroxylation is 1. The fourth-order valence-corrected chi connectivity index (χ4v) is 3.72. The monoisotopic (exact) mass is 380 g/mol. The summed E-state index contributed by atoms with van der Waals surface area (Å²) in [6, 6.07) is 15.4. The van der Waals surface area contributed by atoms with Gasteiger partial charge in [0.25, 0.3) is 0 Å². The Bertz CT molecular complexity index is 1030. The normalized spacial score (nSPS) is 17.5. The molecule has 1 atom stereocenters. The predicted molar refractivity (Wildman–Crippen MR) is 108 cm³/mol. The summed E-state index contributed by atoms with van der Waals surface area (Å²) in [6.45, 7) is 2.76. The average molecular weight is 380 g/mol. The molecule has 0 spiro atoms. The lowest BCUT2D eigenvalue weighted by atomic mass is 10.0. The van der Waals surface area contributed by atoms with Crippen LogP contribution in [-0.2, 0) is 13.6 Å². The highest BCUT2D eigenvalue weighted by atomic mass is 16.4. The quantitative estimate of drug-likeness (QED) is 0.729. The summed E-state index contributed by atoms with van der Waals surface area (Å²) in [6.07, 6.45) is 2.02. The second kappa shape index (κ2) is 7.90. The minimum absolute atomic E-state index is 0.107. The van der Waals surface area contributed by atoms with Gasteiger partial charge in [-0.15, -0.1) is 0 Å². The lowest BCUT2D eigenvalue weighted by molar-refractivity contribution is 0.183. The highest BCUT2D eigenvalue weighted by Crippen LogP contribution is 2.18. The van der Waals surface area contributed by atoms with E-state index >= 15 is 0 Å². The maximum Gasteiger partial charge on any atom is 0.419 e. The number of carbonyl (C=O) groups is 1. The van der Waals surface area contributed by atoms with E-state index in [1.54, 1.807) is 25.2 Å². The zero-order valence-electron chi connectivity index (χ0n) is 15.9. The van der Waals surface area contributed by atoms with Gasteiger partial charge in [0, 0.05) is 37.9 Å². The second-order valence-corrected chi connectivity index (χ2v) is 7.27. The van der Waals surface area contributed by atoms with Crippen LogP contribution in [0.25, 0.3) is 11.1 Å². The molecule has 1 fully saturated rings. The molecule has 3 aromatic rings. The Morgan fingerprint density at radius 1 is 1.21 bits per heavy atom. The van der Waals surface area contributed by atoms with Gasteiger partial charge < -0.3 is 15.1 Å². The number of urea groups is 1. The van der Waals surface area contributed by atoms with Crippen LogP contribution in [0.5, 0.6) is 0 Å². The summed E-state index contributed by atoms with van der Waals surface area (Å²) in [5.74, 6) is -0.419. The van der Waals surface area contributed by atoms with E-state index in [0.29, 0.717) is 16.8 Å². The van der Waals surface area contributed by atoms with Crippen LogP contribution in [-0.4, -0.2) is 34.6 Å². The molecular formula is C21H24N4O3. The minimum Gasteiger partial charge on any atom is -0.408 e. The molecule has 2 aromatic carbocycles. The predicted octanol–water partition coefficient (Wildman–Crippen LogP) is 2.92. The SMILES string of the molecule is Cn1c(=O)oc2cc(NC(=O)NC3CCCN(Cc4ccccc4)C3)ccc21. The standard InChI is InChI=1S/C21H24N4O3/c1-24-18-10-9-16(12-19(18)28-21(24)27)22-20(26)23-17-8-5-11-25(14-17)13-15-6-3-2-4-7-15/h2-4,6-7,9-10,12,17H,5,8,11,13-14H2,1H3,(H2,22,23,26). The maximum absolute atomic E-state index is 12.4. The number of nitrogens with zero attached hydrogens (tertiary/aromatic N) is 2. The first-order valence-electron chi connectivity index (χ1n) is 9.52. The van der Waals surface area contributed by atoms with Crippen molar-refractivity contribution in [1.82, 2.24) is 14.8 Å². The Morgan fingerprint density at radius 2 is 2.04 bits per heavy atom. The molecule has 1 aromatic heterocycles. The van der Waals surface area contributed by atoms with E-state index in [-0.39, 0.29) is 12.1 Å². The lowest BCUT2D eigenvalue weighted by Gasteiger charge is -2.33. The molecule has 0 bridgehead atoms. The van der Waals surface area contributed by atoms with E-state index in [1.807, 2.05) is 18.2 Å². The van der Waals surface area contributed by atoms with E-state index in [9.17, 15) is 9.59 Å². The number of benzene rings is 2. The molecule has 28 heavy (non-hydrogen) atoms. The highest BCUT2D eigenvalue weighted by Gasteiger charge is 2.21. The molecule has 1 aliphatic heterocycles. The van der Waals surface area contributed by atoms with Crippen molar-refractivity contribution in [3.8, 4) is 0 Å². The summed E-state index contributed by atoms with van der Waals surface area (Å²) in [4.78, 5) is 26.4. The Kier molecular flexibility index (Phi) is 5.16. The third-order valence-electron chi connectivity index (χ3n) is 5.14. The van der Waals surface area contributed by atoms with Gasteiger partial charge in [-0.1, -0.05) is 30.3 Å². The summed E-state index contributed by atoms with van der Waals surface area (Å²) < 4.78 is 6.60. The highest BCUT2D eigenvalue weighted by molar-refractivity contribution is 5.91. The van der Waals surface area contributed by atoms with Gasteiger partial charge in [-0.05, 0) is 37.1 Å². The Labute approximate surface area is 162 Å². The van der Waals surface area contributed by atoms with Gasteiger partial charge in [0.2, 0.25) is 0 Å². The summed E-state index contributed by atoms with van der Waals surface area (Å²) in [5.41, 5.74) is 3.03. The molecule has 7 heteroatoms. The fourth-order valence-electron chi connectivity index (χ4n) is 3.72. The Hall–Kier alpha value is -3.06. The van der Waals surface area contributed by atoms with Gasteiger partial charge in [0.15, 0.2) is 5.58 Å². The number of piperidine rings is 1. The molecule has 146 valence electrons.